The maximum atomic E-state index is 11.9. The largest absolute Gasteiger partial charge is 0.490 e. The fraction of sp³-hybridized carbons (Fsp3) is 0.379. The molecule has 0 spiro atoms. The Morgan fingerprint density at radius 2 is 1.44 bits per heavy atom. The minimum atomic E-state index is -0.376. The summed E-state index contributed by atoms with van der Waals surface area (Å²) in [5, 5.41) is 3.21. The van der Waals surface area contributed by atoms with Gasteiger partial charge in [0.2, 0.25) is 0 Å². The van der Waals surface area contributed by atoms with Gasteiger partial charge in [-0.05, 0) is 62.2 Å². The molecule has 2 aromatic carbocycles. The van der Waals surface area contributed by atoms with Crippen LogP contribution in [0.15, 0.2) is 66.9 Å². The Balaban J connectivity index is 1.30. The van der Waals surface area contributed by atoms with Crippen LogP contribution in [0.2, 0.25) is 5.15 Å². The summed E-state index contributed by atoms with van der Waals surface area (Å²) in [7, 11) is 0. The zero-order valence-electron chi connectivity index (χ0n) is 21.4. The maximum Gasteiger partial charge on any atom is 0.407 e. The summed E-state index contributed by atoms with van der Waals surface area (Å²) in [5.74, 6) is 2.20. The third-order valence-electron chi connectivity index (χ3n) is 6.19. The van der Waals surface area contributed by atoms with Gasteiger partial charge in [-0.15, -0.1) is 0 Å². The molecular weight excluding hydrogens is 476 g/mol. The van der Waals surface area contributed by atoms with Crippen LogP contribution in [0, 0.1) is 0 Å². The van der Waals surface area contributed by atoms with Crippen LogP contribution in [0.3, 0.4) is 0 Å². The van der Waals surface area contributed by atoms with Gasteiger partial charge >= 0.3 is 6.09 Å². The molecule has 1 fully saturated rings. The molecular formula is C29H33ClN2O4. The van der Waals surface area contributed by atoms with Gasteiger partial charge in [-0.25, -0.2) is 9.78 Å². The monoisotopic (exact) mass is 508 g/mol. The molecule has 1 aliphatic rings. The molecule has 6 nitrogen and oxygen atoms in total. The van der Waals surface area contributed by atoms with Crippen molar-refractivity contribution in [3.8, 4) is 17.2 Å². The van der Waals surface area contributed by atoms with Crippen LogP contribution in [-0.2, 0) is 10.2 Å². The number of ether oxygens (including phenoxy) is 3. The van der Waals surface area contributed by atoms with Crippen molar-refractivity contribution in [2.24, 2.45) is 0 Å². The average Bonchev–Trinajstić information content (AvgIpc) is 2.77. The predicted octanol–water partition coefficient (Wildman–Crippen LogP) is 7.29. The lowest BCUT2D eigenvalue weighted by Gasteiger charge is -2.35. The fourth-order valence-corrected chi connectivity index (χ4v) is 4.19. The number of rotatable bonds is 7. The number of alkyl carbamates (subject to hydrolysis) is 1. The Kier molecular flexibility index (Phi) is 7.46. The Labute approximate surface area is 217 Å². The highest BCUT2D eigenvalue weighted by Gasteiger charge is 2.34. The number of amides is 1. The molecule has 1 aliphatic carbocycles. The second-order valence-corrected chi connectivity index (χ2v) is 11.1. The molecule has 1 aromatic heterocycles. The molecule has 190 valence electrons. The standard InChI is InChI=1S/C29H33ClN2O4/c1-28(2,3)32-27(33)36-25-16-24(17-25)35-22-12-8-20(9-13-22)29(4,5)19-6-10-21(11-7-19)34-23-14-15-31-26(30)18-23/h6-15,18,24-25H,16-17H2,1-5H3,(H,32,33). The molecule has 0 saturated heterocycles. The lowest BCUT2D eigenvalue weighted by atomic mass is 9.78. The number of carbonyl (C=O) groups is 1. The number of pyridine rings is 1. The summed E-state index contributed by atoms with van der Waals surface area (Å²) in [5.41, 5.74) is 1.84. The van der Waals surface area contributed by atoms with Crippen LogP contribution in [0.5, 0.6) is 17.2 Å². The van der Waals surface area contributed by atoms with Crippen molar-refractivity contribution in [3.63, 3.8) is 0 Å². The number of aromatic nitrogens is 1. The van der Waals surface area contributed by atoms with Gasteiger partial charge < -0.3 is 19.5 Å². The molecule has 0 atom stereocenters. The van der Waals surface area contributed by atoms with Gasteiger partial charge in [0.25, 0.3) is 0 Å². The van der Waals surface area contributed by atoms with E-state index in [9.17, 15) is 4.79 Å². The first-order chi connectivity index (χ1) is 17.0. The smallest absolute Gasteiger partial charge is 0.407 e. The maximum absolute atomic E-state index is 11.9. The minimum Gasteiger partial charge on any atom is -0.490 e. The van der Waals surface area contributed by atoms with Crippen LogP contribution < -0.4 is 14.8 Å². The summed E-state index contributed by atoms with van der Waals surface area (Å²) in [6, 6.07) is 19.7. The van der Waals surface area contributed by atoms with Crippen molar-refractivity contribution in [2.75, 3.05) is 0 Å². The number of hydrogen-bond donors (Lipinski definition) is 1. The lowest BCUT2D eigenvalue weighted by Crippen LogP contribution is -2.46. The van der Waals surface area contributed by atoms with E-state index < -0.39 is 0 Å². The number of nitrogens with zero attached hydrogens (tertiary/aromatic N) is 1. The van der Waals surface area contributed by atoms with Crippen molar-refractivity contribution in [2.45, 2.75) is 70.6 Å². The number of nitrogens with one attached hydrogen (secondary N) is 1. The van der Waals surface area contributed by atoms with E-state index in [0.29, 0.717) is 23.7 Å². The van der Waals surface area contributed by atoms with Crippen LogP contribution in [0.1, 0.15) is 58.6 Å². The van der Waals surface area contributed by atoms with Gasteiger partial charge in [0.15, 0.2) is 0 Å². The summed E-state index contributed by atoms with van der Waals surface area (Å²) in [4.78, 5) is 15.9. The highest BCUT2D eigenvalue weighted by atomic mass is 35.5. The van der Waals surface area contributed by atoms with E-state index >= 15 is 0 Å². The number of halogens is 1. The van der Waals surface area contributed by atoms with Crippen LogP contribution in [0.25, 0.3) is 0 Å². The molecule has 3 aromatic rings. The van der Waals surface area contributed by atoms with Crippen molar-refractivity contribution < 1.29 is 19.0 Å². The van der Waals surface area contributed by atoms with E-state index in [1.165, 1.54) is 11.1 Å². The van der Waals surface area contributed by atoms with Gasteiger partial charge in [0, 0.05) is 36.1 Å². The highest BCUT2D eigenvalue weighted by molar-refractivity contribution is 6.29. The highest BCUT2D eigenvalue weighted by Crippen LogP contribution is 2.35. The third kappa shape index (κ3) is 6.70. The number of benzene rings is 2. The summed E-state index contributed by atoms with van der Waals surface area (Å²) in [6.07, 6.45) is 2.60. The first kappa shape index (κ1) is 25.8. The van der Waals surface area contributed by atoms with Gasteiger partial charge in [0.1, 0.15) is 34.6 Å². The van der Waals surface area contributed by atoms with E-state index in [0.717, 1.165) is 11.5 Å². The Morgan fingerprint density at radius 3 is 2.00 bits per heavy atom. The van der Waals surface area contributed by atoms with Gasteiger partial charge in [-0.3, -0.25) is 0 Å². The third-order valence-corrected chi connectivity index (χ3v) is 6.40. The molecule has 1 N–H and O–H groups in total. The predicted molar refractivity (Wildman–Crippen MR) is 141 cm³/mol. The fourth-order valence-electron chi connectivity index (χ4n) is 4.03. The minimum absolute atomic E-state index is 0.0547. The molecule has 1 amide bonds. The zero-order valence-corrected chi connectivity index (χ0v) is 22.1. The molecule has 0 unspecified atom stereocenters. The second kappa shape index (κ2) is 10.4. The van der Waals surface area contributed by atoms with Crippen LogP contribution in [0.4, 0.5) is 4.79 Å². The van der Waals surface area contributed by atoms with Crippen LogP contribution in [-0.4, -0.2) is 28.8 Å². The Bertz CT molecular complexity index is 1180. The molecule has 7 heteroatoms. The Hall–Kier alpha value is -3.25. The number of hydrogen-bond acceptors (Lipinski definition) is 5. The van der Waals surface area contributed by atoms with Crippen molar-refractivity contribution in [3.05, 3.63) is 83.1 Å². The zero-order chi connectivity index (χ0) is 25.9. The molecule has 1 saturated carbocycles. The van der Waals surface area contributed by atoms with E-state index in [1.807, 2.05) is 45.0 Å². The summed E-state index contributed by atoms with van der Waals surface area (Å²) in [6.45, 7) is 10.2. The quantitative estimate of drug-likeness (QED) is 0.339. The molecule has 1 heterocycles. The molecule has 0 bridgehead atoms. The topological polar surface area (TPSA) is 69.7 Å². The normalized spacial score (nSPS) is 17.6. The number of carbonyl (C=O) groups excluding carboxylic acids is 1. The van der Waals surface area contributed by atoms with E-state index in [1.54, 1.807) is 18.3 Å². The molecule has 0 radical (unpaired) electrons. The SMILES string of the molecule is CC(C)(C)NC(=O)OC1CC(Oc2ccc(C(C)(C)c3ccc(Oc4ccnc(Cl)c4)cc3)cc2)C1. The van der Waals surface area contributed by atoms with Crippen molar-refractivity contribution in [1.82, 2.24) is 10.3 Å². The summed E-state index contributed by atoms with van der Waals surface area (Å²) < 4.78 is 17.4. The van der Waals surface area contributed by atoms with Crippen LogP contribution >= 0.6 is 11.6 Å². The average molecular weight is 509 g/mol. The first-order valence-corrected chi connectivity index (χ1v) is 12.5. The van der Waals surface area contributed by atoms with E-state index in [4.69, 9.17) is 25.8 Å². The second-order valence-electron chi connectivity index (χ2n) is 10.7. The molecule has 0 aliphatic heterocycles. The van der Waals surface area contributed by atoms with Crippen molar-refractivity contribution in [1.29, 1.82) is 0 Å². The lowest BCUT2D eigenvalue weighted by molar-refractivity contribution is -0.0243. The first-order valence-electron chi connectivity index (χ1n) is 12.1. The molecule has 4 rings (SSSR count). The van der Waals surface area contributed by atoms with Gasteiger partial charge in [0.05, 0.1) is 0 Å². The van der Waals surface area contributed by atoms with Gasteiger partial charge in [-0.2, -0.15) is 0 Å². The Morgan fingerprint density at radius 1 is 0.861 bits per heavy atom. The van der Waals surface area contributed by atoms with E-state index in [-0.39, 0.29) is 29.3 Å². The van der Waals surface area contributed by atoms with Crippen molar-refractivity contribution >= 4 is 17.7 Å². The molecule has 36 heavy (non-hydrogen) atoms. The summed E-state index contributed by atoms with van der Waals surface area (Å²) >= 11 is 5.94. The van der Waals surface area contributed by atoms with E-state index in [2.05, 4.69) is 48.4 Å². The van der Waals surface area contributed by atoms with Gasteiger partial charge in [-0.1, -0.05) is 49.7 Å².